The van der Waals surface area contributed by atoms with Crippen LogP contribution in [0.3, 0.4) is 0 Å². The van der Waals surface area contributed by atoms with Gasteiger partial charge in [-0.25, -0.2) is 4.90 Å². The molecule has 0 aliphatic carbocycles. The lowest BCUT2D eigenvalue weighted by Crippen LogP contribution is -3.00. The fourth-order valence-corrected chi connectivity index (χ4v) is 4.06. The second kappa shape index (κ2) is 20.6. The van der Waals surface area contributed by atoms with Crippen LogP contribution in [0.15, 0.2) is 12.2 Å². The van der Waals surface area contributed by atoms with Crippen molar-refractivity contribution in [2.24, 2.45) is 0 Å². The van der Waals surface area contributed by atoms with Gasteiger partial charge in [0.05, 0.1) is 19.7 Å². The first-order valence-corrected chi connectivity index (χ1v) is 11.7. The fourth-order valence-electron chi connectivity index (χ4n) is 4.06. The van der Waals surface area contributed by atoms with E-state index in [2.05, 4.69) is 29.3 Å². The van der Waals surface area contributed by atoms with Gasteiger partial charge in [-0.05, 0) is 32.1 Å². The summed E-state index contributed by atoms with van der Waals surface area (Å²) in [5.74, 6) is 0. The van der Waals surface area contributed by atoms with Gasteiger partial charge in [0.2, 0.25) is 0 Å². The van der Waals surface area contributed by atoms with Gasteiger partial charge in [-0.1, -0.05) is 76.9 Å². The Labute approximate surface area is 175 Å². The molecule has 1 saturated heterocycles. The minimum absolute atomic E-state index is 0. The highest BCUT2D eigenvalue weighted by Gasteiger charge is 2.26. The second-order valence-corrected chi connectivity index (χ2v) is 8.08. The van der Waals surface area contributed by atoms with Gasteiger partial charge in [0.1, 0.15) is 6.17 Å². The van der Waals surface area contributed by atoms with Gasteiger partial charge in [0, 0.05) is 13.0 Å². The highest BCUT2D eigenvalue weighted by Crippen LogP contribution is 2.12. The Bertz CT molecular complexity index is 326. The van der Waals surface area contributed by atoms with Crippen molar-refractivity contribution >= 4 is 0 Å². The van der Waals surface area contributed by atoms with Gasteiger partial charge in [-0.3, -0.25) is 0 Å². The van der Waals surface area contributed by atoms with Crippen molar-refractivity contribution in [2.75, 3.05) is 26.2 Å². The average molecular weight is 403 g/mol. The van der Waals surface area contributed by atoms with Crippen LogP contribution in [0.1, 0.15) is 103 Å². The highest BCUT2D eigenvalue weighted by atomic mass is 35.5. The first-order valence-electron chi connectivity index (χ1n) is 11.7. The van der Waals surface area contributed by atoms with Crippen molar-refractivity contribution in [3.63, 3.8) is 0 Å². The van der Waals surface area contributed by atoms with E-state index in [9.17, 15) is 0 Å². The summed E-state index contributed by atoms with van der Waals surface area (Å²) in [4.78, 5) is 2.44. The number of nitrogens with two attached hydrogens (primary N) is 1. The van der Waals surface area contributed by atoms with Crippen LogP contribution in [0.5, 0.6) is 0 Å². The molecule has 3 nitrogen and oxygen atoms in total. The van der Waals surface area contributed by atoms with Crippen molar-refractivity contribution < 1.29 is 22.8 Å². The Hall–Kier alpha value is -0.0900. The highest BCUT2D eigenvalue weighted by molar-refractivity contribution is 4.81. The number of halogens is 1. The summed E-state index contributed by atoms with van der Waals surface area (Å²) in [6.45, 7) is 5.80. The molecule has 4 heteroatoms. The molecular formula is C23H47ClN2O. The van der Waals surface area contributed by atoms with E-state index in [1.807, 2.05) is 0 Å². The lowest BCUT2D eigenvalue weighted by molar-refractivity contribution is -0.680. The van der Waals surface area contributed by atoms with Crippen molar-refractivity contribution in [3.8, 4) is 0 Å². The Morgan fingerprint density at radius 2 is 1.41 bits per heavy atom. The predicted molar refractivity (Wildman–Crippen MR) is 113 cm³/mol. The fraction of sp³-hybridized carbons (Fsp3) is 0.913. The summed E-state index contributed by atoms with van der Waals surface area (Å²) in [7, 11) is 0. The molecule has 0 spiro atoms. The molecule has 0 amide bonds. The molecule has 1 atom stereocenters. The van der Waals surface area contributed by atoms with Crippen LogP contribution in [0, 0.1) is 0 Å². The van der Waals surface area contributed by atoms with E-state index in [1.54, 1.807) is 0 Å². The van der Waals surface area contributed by atoms with Crippen molar-refractivity contribution in [1.29, 1.82) is 0 Å². The third-order valence-corrected chi connectivity index (χ3v) is 5.72. The summed E-state index contributed by atoms with van der Waals surface area (Å²) in [5, 5.41) is 11.5. The number of hydrogen-bond acceptors (Lipinski definition) is 2. The topological polar surface area (TPSA) is 40.1 Å². The number of aliphatic hydroxyl groups excluding tert-OH is 1. The molecule has 1 fully saturated rings. The molecule has 0 aromatic rings. The number of rotatable bonds is 18. The van der Waals surface area contributed by atoms with Gasteiger partial charge in [0.25, 0.3) is 0 Å². The molecule has 0 radical (unpaired) electrons. The van der Waals surface area contributed by atoms with Crippen LogP contribution in [0.2, 0.25) is 0 Å². The van der Waals surface area contributed by atoms with E-state index in [0.29, 0.717) is 12.8 Å². The second-order valence-electron chi connectivity index (χ2n) is 8.08. The van der Waals surface area contributed by atoms with Gasteiger partial charge >= 0.3 is 0 Å². The average Bonchev–Trinajstić information content (AvgIpc) is 3.09. The maximum atomic E-state index is 9.10. The molecule has 0 aromatic heterocycles. The number of β-amino-alcohol motifs (C(OH)–C–C–N with tert-alkyl or cyclic N) is 1. The number of hydrogen-bond donors (Lipinski definition) is 2. The minimum atomic E-state index is 0. The first kappa shape index (κ1) is 26.9. The Morgan fingerprint density at radius 1 is 0.852 bits per heavy atom. The maximum Gasteiger partial charge on any atom is 0.142 e. The number of allylic oxidation sites excluding steroid dienone is 2. The van der Waals surface area contributed by atoms with Gasteiger partial charge < -0.3 is 22.8 Å². The summed E-state index contributed by atoms with van der Waals surface area (Å²) in [6.07, 6.45) is 26.0. The lowest BCUT2D eigenvalue weighted by atomic mass is 10.1. The first-order chi connectivity index (χ1) is 12.9. The van der Waals surface area contributed by atoms with Crippen molar-refractivity contribution in [1.82, 2.24) is 4.90 Å². The Balaban J connectivity index is 0.00000676. The largest absolute Gasteiger partial charge is 1.00 e. The molecule has 1 aliphatic rings. The molecule has 0 aromatic carbocycles. The summed E-state index contributed by atoms with van der Waals surface area (Å²) >= 11 is 0. The molecule has 27 heavy (non-hydrogen) atoms. The molecule has 0 bridgehead atoms. The number of quaternary nitrogens is 1. The third kappa shape index (κ3) is 15.5. The van der Waals surface area contributed by atoms with E-state index in [4.69, 9.17) is 5.11 Å². The summed E-state index contributed by atoms with van der Waals surface area (Å²) in [6, 6.07) is 0. The molecule has 0 saturated carbocycles. The zero-order valence-electron chi connectivity index (χ0n) is 18.0. The monoisotopic (exact) mass is 402 g/mol. The van der Waals surface area contributed by atoms with Crippen molar-refractivity contribution in [2.45, 2.75) is 109 Å². The predicted octanol–water partition coefficient (Wildman–Crippen LogP) is 1.62. The number of aliphatic hydroxyl groups is 1. The van der Waals surface area contributed by atoms with Gasteiger partial charge in [-0.2, -0.15) is 0 Å². The van der Waals surface area contributed by atoms with Gasteiger partial charge in [0.15, 0.2) is 0 Å². The van der Waals surface area contributed by atoms with E-state index in [0.717, 1.165) is 13.1 Å². The molecule has 1 heterocycles. The van der Waals surface area contributed by atoms with E-state index in [-0.39, 0.29) is 12.4 Å². The van der Waals surface area contributed by atoms with Crippen LogP contribution in [-0.2, 0) is 0 Å². The number of nitrogens with zero attached hydrogens (tertiary/aromatic N) is 1. The van der Waals surface area contributed by atoms with Crippen LogP contribution in [0.4, 0.5) is 0 Å². The maximum absolute atomic E-state index is 9.10. The van der Waals surface area contributed by atoms with Crippen LogP contribution < -0.4 is 17.7 Å². The standard InChI is InChI=1S/C23H46N2O.ClH/c1-2-3-4-5-6-7-8-9-10-11-12-13-14-15-16-17-18-23-24-19-20-25(23)21-22-26;/h9-10,23-24,26H,2-8,11-22H2,1H3;1H/b10-9-;. The van der Waals surface area contributed by atoms with E-state index >= 15 is 0 Å². The minimum Gasteiger partial charge on any atom is -1.00 e. The third-order valence-electron chi connectivity index (χ3n) is 5.72. The molecule has 162 valence electrons. The normalized spacial score (nSPS) is 17.6. The summed E-state index contributed by atoms with van der Waals surface area (Å²) in [5.41, 5.74) is 0. The van der Waals surface area contributed by atoms with Crippen LogP contribution in [0.25, 0.3) is 0 Å². The van der Waals surface area contributed by atoms with Crippen molar-refractivity contribution in [3.05, 3.63) is 12.2 Å². The Morgan fingerprint density at radius 3 is 2.00 bits per heavy atom. The number of unbranched alkanes of at least 4 members (excludes halogenated alkanes) is 12. The Kier molecular flexibility index (Phi) is 20.6. The van der Waals surface area contributed by atoms with Crippen LogP contribution in [-0.4, -0.2) is 42.4 Å². The molecule has 1 rings (SSSR count). The quantitative estimate of drug-likeness (QED) is 0.270. The van der Waals surface area contributed by atoms with E-state index in [1.165, 1.54) is 103 Å². The molecule has 3 N–H and O–H groups in total. The van der Waals surface area contributed by atoms with Gasteiger partial charge in [-0.15, -0.1) is 0 Å². The SMILES string of the molecule is CCCCCCCC/C=C\CCCCCCCCC1[NH2+]CCN1CCO.[Cl-]. The smallest absolute Gasteiger partial charge is 0.142 e. The molecule has 1 aliphatic heterocycles. The van der Waals surface area contributed by atoms with Crippen LogP contribution >= 0.6 is 0 Å². The zero-order valence-corrected chi connectivity index (χ0v) is 18.8. The summed E-state index contributed by atoms with van der Waals surface area (Å²) < 4.78 is 0. The molecule has 1 unspecified atom stereocenters. The van der Waals surface area contributed by atoms with E-state index < -0.39 is 0 Å². The molecular weight excluding hydrogens is 356 g/mol. The zero-order chi connectivity index (χ0) is 18.7. The lowest BCUT2D eigenvalue weighted by Gasteiger charge is -2.19.